The summed E-state index contributed by atoms with van der Waals surface area (Å²) in [6.07, 6.45) is 3.58. The van der Waals surface area contributed by atoms with Crippen molar-refractivity contribution in [2.75, 3.05) is 0 Å². The number of carboxylic acid groups (broad SMARTS) is 1. The van der Waals surface area contributed by atoms with Crippen LogP contribution in [-0.4, -0.2) is 15.8 Å². The van der Waals surface area contributed by atoms with Gasteiger partial charge in [-0.2, -0.15) is 0 Å². The molecule has 0 spiro atoms. The van der Waals surface area contributed by atoms with Crippen LogP contribution in [0.25, 0.3) is 0 Å². The minimum atomic E-state index is -0.675. The molecular weight excluding hydrogens is 288 g/mol. The fraction of sp³-hybridized carbons (Fsp3) is 0.417. The monoisotopic (exact) mass is 300 g/mol. The Kier molecular flexibility index (Phi) is 3.60. The van der Waals surface area contributed by atoms with E-state index in [2.05, 4.69) is 15.9 Å². The fourth-order valence-corrected chi connectivity index (χ4v) is 3.88. The fourth-order valence-electron chi connectivity index (χ4n) is 2.04. The van der Waals surface area contributed by atoms with Gasteiger partial charge >= 0.3 is 5.97 Å². The van der Waals surface area contributed by atoms with Crippen molar-refractivity contribution in [1.29, 1.82) is 0 Å². The Morgan fingerprint density at radius 3 is 2.50 bits per heavy atom. The predicted molar refractivity (Wildman–Crippen MR) is 68.8 cm³/mol. The summed E-state index contributed by atoms with van der Waals surface area (Å²) in [7, 11) is 0. The van der Waals surface area contributed by atoms with E-state index in [0.717, 1.165) is 35.1 Å². The second kappa shape index (κ2) is 4.80. The molecule has 0 aliphatic heterocycles. The zero-order chi connectivity index (χ0) is 11.6. The first-order valence-corrected chi connectivity index (χ1v) is 6.92. The number of carbonyl (C=O) groups is 1. The first kappa shape index (κ1) is 12.0. The summed E-state index contributed by atoms with van der Waals surface area (Å²) in [6, 6.07) is 7.80. The first-order valence-electron chi connectivity index (χ1n) is 5.31. The van der Waals surface area contributed by atoms with E-state index >= 15 is 0 Å². The van der Waals surface area contributed by atoms with Crippen molar-refractivity contribution in [3.8, 4) is 0 Å². The number of carboxylic acids is 1. The number of thioether (sulfide) groups is 1. The summed E-state index contributed by atoms with van der Waals surface area (Å²) in [5.41, 5.74) is 0. The van der Waals surface area contributed by atoms with Gasteiger partial charge in [0.05, 0.1) is 0 Å². The molecule has 1 aromatic rings. The van der Waals surface area contributed by atoms with Crippen molar-refractivity contribution in [2.24, 2.45) is 0 Å². The van der Waals surface area contributed by atoms with Crippen LogP contribution in [0, 0.1) is 0 Å². The number of rotatable bonds is 3. The molecule has 0 radical (unpaired) electrons. The number of hydrogen-bond acceptors (Lipinski definition) is 2. The molecule has 0 atom stereocenters. The molecule has 0 saturated heterocycles. The Morgan fingerprint density at radius 2 is 1.94 bits per heavy atom. The standard InChI is InChI=1S/C12H13BrO2S/c13-9-5-1-2-6-10(9)16-12(11(14)15)7-3-4-8-12/h1-2,5-6H,3-4,7-8H2,(H,14,15). The quantitative estimate of drug-likeness (QED) is 0.919. The van der Waals surface area contributed by atoms with Gasteiger partial charge in [-0.15, -0.1) is 11.8 Å². The Morgan fingerprint density at radius 1 is 1.31 bits per heavy atom. The highest BCUT2D eigenvalue weighted by Gasteiger charge is 2.42. The van der Waals surface area contributed by atoms with Crippen LogP contribution < -0.4 is 0 Å². The number of aliphatic carboxylic acids is 1. The van der Waals surface area contributed by atoms with Crippen molar-refractivity contribution in [3.63, 3.8) is 0 Å². The Labute approximate surface area is 108 Å². The Balaban J connectivity index is 2.25. The summed E-state index contributed by atoms with van der Waals surface area (Å²) in [5.74, 6) is -0.675. The van der Waals surface area contributed by atoms with Crippen molar-refractivity contribution < 1.29 is 9.90 Å². The molecule has 1 fully saturated rings. The van der Waals surface area contributed by atoms with Crippen LogP contribution in [0.3, 0.4) is 0 Å². The highest BCUT2D eigenvalue weighted by atomic mass is 79.9. The topological polar surface area (TPSA) is 37.3 Å². The minimum Gasteiger partial charge on any atom is -0.480 e. The van der Waals surface area contributed by atoms with Crippen molar-refractivity contribution >= 4 is 33.7 Å². The van der Waals surface area contributed by atoms with Gasteiger partial charge in [0, 0.05) is 9.37 Å². The molecule has 0 unspecified atom stereocenters. The van der Waals surface area contributed by atoms with Crippen LogP contribution in [0.4, 0.5) is 0 Å². The van der Waals surface area contributed by atoms with E-state index in [1.807, 2.05) is 24.3 Å². The number of benzene rings is 1. The van der Waals surface area contributed by atoms with Crippen LogP contribution in [0.2, 0.25) is 0 Å². The molecule has 1 aliphatic carbocycles. The van der Waals surface area contributed by atoms with E-state index < -0.39 is 10.7 Å². The van der Waals surface area contributed by atoms with Gasteiger partial charge in [-0.3, -0.25) is 4.79 Å². The molecule has 0 heterocycles. The molecule has 1 aromatic carbocycles. The maximum atomic E-state index is 11.4. The molecule has 1 saturated carbocycles. The lowest BCUT2D eigenvalue weighted by atomic mass is 10.1. The van der Waals surface area contributed by atoms with Crippen molar-refractivity contribution in [1.82, 2.24) is 0 Å². The molecule has 0 bridgehead atoms. The highest BCUT2D eigenvalue weighted by Crippen LogP contribution is 2.47. The lowest BCUT2D eigenvalue weighted by Crippen LogP contribution is -2.31. The summed E-state index contributed by atoms with van der Waals surface area (Å²) in [4.78, 5) is 12.4. The van der Waals surface area contributed by atoms with Crippen molar-refractivity contribution in [2.45, 2.75) is 35.3 Å². The average molecular weight is 301 g/mol. The van der Waals surface area contributed by atoms with Crippen LogP contribution >= 0.6 is 27.7 Å². The van der Waals surface area contributed by atoms with Crippen LogP contribution in [-0.2, 0) is 4.79 Å². The summed E-state index contributed by atoms with van der Waals surface area (Å²) >= 11 is 4.95. The molecular formula is C12H13BrO2S. The Bertz CT molecular complexity index is 400. The SMILES string of the molecule is O=C(O)C1(Sc2ccccc2Br)CCCC1. The molecule has 86 valence electrons. The molecule has 1 N–H and O–H groups in total. The number of halogens is 1. The third kappa shape index (κ3) is 2.28. The van der Waals surface area contributed by atoms with Crippen LogP contribution in [0.5, 0.6) is 0 Å². The second-order valence-corrected chi connectivity index (χ2v) is 6.32. The smallest absolute Gasteiger partial charge is 0.320 e. The van der Waals surface area contributed by atoms with E-state index in [1.54, 1.807) is 0 Å². The third-order valence-corrected chi connectivity index (χ3v) is 5.45. The van der Waals surface area contributed by atoms with Crippen molar-refractivity contribution in [3.05, 3.63) is 28.7 Å². The largest absolute Gasteiger partial charge is 0.480 e. The van der Waals surface area contributed by atoms with E-state index in [4.69, 9.17) is 0 Å². The molecule has 1 aliphatic rings. The number of hydrogen-bond donors (Lipinski definition) is 1. The van der Waals surface area contributed by atoms with Gasteiger partial charge in [-0.05, 0) is 40.9 Å². The molecule has 0 amide bonds. The third-order valence-electron chi connectivity index (χ3n) is 2.94. The normalized spacial score (nSPS) is 18.6. The van der Waals surface area contributed by atoms with Gasteiger partial charge < -0.3 is 5.11 Å². The maximum absolute atomic E-state index is 11.4. The van der Waals surface area contributed by atoms with Gasteiger partial charge in [0.25, 0.3) is 0 Å². The van der Waals surface area contributed by atoms with Gasteiger partial charge in [-0.25, -0.2) is 0 Å². The molecule has 2 rings (SSSR count). The zero-order valence-electron chi connectivity index (χ0n) is 8.78. The van der Waals surface area contributed by atoms with E-state index in [9.17, 15) is 9.90 Å². The molecule has 16 heavy (non-hydrogen) atoms. The maximum Gasteiger partial charge on any atom is 0.320 e. The van der Waals surface area contributed by atoms with Crippen LogP contribution in [0.1, 0.15) is 25.7 Å². The summed E-state index contributed by atoms with van der Waals surface area (Å²) < 4.78 is 0.372. The Hall–Kier alpha value is -0.480. The lowest BCUT2D eigenvalue weighted by molar-refractivity contribution is -0.139. The van der Waals surface area contributed by atoms with Gasteiger partial charge in [-0.1, -0.05) is 25.0 Å². The predicted octanol–water partition coefficient (Wildman–Crippen LogP) is 3.94. The summed E-state index contributed by atoms with van der Waals surface area (Å²) in [6.45, 7) is 0. The van der Waals surface area contributed by atoms with Crippen LogP contribution in [0.15, 0.2) is 33.6 Å². The van der Waals surface area contributed by atoms with Gasteiger partial charge in [0.15, 0.2) is 0 Å². The van der Waals surface area contributed by atoms with Gasteiger partial charge in [0.2, 0.25) is 0 Å². The second-order valence-electron chi connectivity index (χ2n) is 4.04. The highest BCUT2D eigenvalue weighted by molar-refractivity contribution is 9.10. The lowest BCUT2D eigenvalue weighted by Gasteiger charge is -2.23. The van der Waals surface area contributed by atoms with E-state index in [-0.39, 0.29) is 0 Å². The molecule has 2 nitrogen and oxygen atoms in total. The first-order chi connectivity index (χ1) is 7.64. The average Bonchev–Trinajstić information content (AvgIpc) is 2.71. The molecule has 4 heteroatoms. The zero-order valence-corrected chi connectivity index (χ0v) is 11.2. The van der Waals surface area contributed by atoms with E-state index in [0.29, 0.717) is 0 Å². The minimum absolute atomic E-state index is 0.607. The summed E-state index contributed by atoms with van der Waals surface area (Å²) in [5, 5.41) is 9.38. The molecule has 0 aromatic heterocycles. The van der Waals surface area contributed by atoms with E-state index in [1.165, 1.54) is 11.8 Å². The van der Waals surface area contributed by atoms with Gasteiger partial charge in [0.1, 0.15) is 4.75 Å².